The van der Waals surface area contributed by atoms with Gasteiger partial charge in [0.05, 0.1) is 18.1 Å². The molecule has 0 saturated heterocycles. The van der Waals surface area contributed by atoms with Crippen LogP contribution >= 0.6 is 0 Å². The highest BCUT2D eigenvalue weighted by Gasteiger charge is 2.22. The largest absolute Gasteiger partial charge is 0.497 e. The summed E-state index contributed by atoms with van der Waals surface area (Å²) in [5.74, 6) is 0.245. The van der Waals surface area contributed by atoms with Crippen molar-refractivity contribution in [1.82, 2.24) is 14.9 Å². The summed E-state index contributed by atoms with van der Waals surface area (Å²) >= 11 is 0. The lowest BCUT2D eigenvalue weighted by Crippen LogP contribution is -2.28. The fraction of sp³-hybridized carbons (Fsp3) is 0.263. The molecule has 1 atom stereocenters. The van der Waals surface area contributed by atoms with Gasteiger partial charge < -0.3 is 10.1 Å². The number of methoxy groups -OCH3 is 1. The predicted octanol–water partition coefficient (Wildman–Crippen LogP) is 3.97. The van der Waals surface area contributed by atoms with Gasteiger partial charge in [0.25, 0.3) is 5.91 Å². The summed E-state index contributed by atoms with van der Waals surface area (Å²) in [6.45, 7) is -0.743. The Morgan fingerprint density at radius 1 is 1.19 bits per heavy atom. The highest BCUT2D eigenvalue weighted by atomic mass is 19.3. The highest BCUT2D eigenvalue weighted by molar-refractivity contribution is 5.94. The lowest BCUT2D eigenvalue weighted by Gasteiger charge is -2.15. The number of fused-ring (bicyclic) bond motifs is 1. The Bertz CT molecular complexity index is 907. The van der Waals surface area contributed by atoms with E-state index < -0.39 is 6.55 Å². The maximum absolute atomic E-state index is 13.5. The fourth-order valence-corrected chi connectivity index (χ4v) is 2.80. The number of benzene rings is 2. The van der Waals surface area contributed by atoms with Crippen LogP contribution in [0.2, 0.25) is 0 Å². The molecule has 7 heteroatoms. The van der Waals surface area contributed by atoms with Crippen molar-refractivity contribution in [2.24, 2.45) is 0 Å². The molecule has 136 valence electrons. The molecule has 1 N–H and O–H groups in total. The van der Waals surface area contributed by atoms with E-state index in [0.717, 1.165) is 4.57 Å². The monoisotopic (exact) mass is 359 g/mol. The molecule has 26 heavy (non-hydrogen) atoms. The minimum atomic E-state index is -2.70. The summed E-state index contributed by atoms with van der Waals surface area (Å²) in [6.07, 6.45) is 0. The van der Waals surface area contributed by atoms with Gasteiger partial charge in [-0.25, -0.2) is 4.98 Å². The lowest BCUT2D eigenvalue weighted by atomic mass is 10.1. The molecule has 3 aromatic rings. The van der Waals surface area contributed by atoms with Crippen LogP contribution in [-0.4, -0.2) is 29.1 Å². The number of hydrogen-bond donors (Lipinski definition) is 1. The van der Waals surface area contributed by atoms with Crippen LogP contribution in [0.1, 0.15) is 35.6 Å². The van der Waals surface area contributed by atoms with E-state index in [1.165, 1.54) is 0 Å². The Morgan fingerprint density at radius 2 is 1.88 bits per heavy atom. The van der Waals surface area contributed by atoms with Crippen LogP contribution < -0.4 is 10.1 Å². The Labute approximate surface area is 149 Å². The fourth-order valence-electron chi connectivity index (χ4n) is 2.80. The molecule has 0 bridgehead atoms. The molecule has 0 aliphatic heterocycles. The predicted molar refractivity (Wildman–Crippen MR) is 94.7 cm³/mol. The first-order valence-corrected chi connectivity index (χ1v) is 8.18. The van der Waals surface area contributed by atoms with Gasteiger partial charge in [-0.15, -0.1) is 0 Å². The van der Waals surface area contributed by atoms with Crippen molar-refractivity contribution in [3.8, 4) is 5.75 Å². The molecule has 0 fully saturated rings. The van der Waals surface area contributed by atoms with Crippen molar-refractivity contribution in [2.45, 2.75) is 19.4 Å². The molecule has 0 unspecified atom stereocenters. The second-order valence-corrected chi connectivity index (χ2v) is 5.95. The van der Waals surface area contributed by atoms with Crippen molar-refractivity contribution in [1.29, 1.82) is 0 Å². The van der Waals surface area contributed by atoms with Crippen molar-refractivity contribution in [2.75, 3.05) is 13.7 Å². The molecule has 5 nitrogen and oxygen atoms in total. The number of para-hydroxylation sites is 2. The number of nitrogens with zero attached hydrogens (tertiary/aromatic N) is 2. The molecular formula is C19H19F2N3O2. The van der Waals surface area contributed by atoms with Crippen LogP contribution in [0.25, 0.3) is 11.0 Å². The van der Waals surface area contributed by atoms with Crippen LogP contribution in [0, 0.1) is 0 Å². The van der Waals surface area contributed by atoms with Gasteiger partial charge in [0, 0.05) is 18.0 Å². The third kappa shape index (κ3) is 3.51. The smallest absolute Gasteiger partial charge is 0.320 e. The van der Waals surface area contributed by atoms with Crippen molar-refractivity contribution in [3.05, 3.63) is 59.9 Å². The number of carbonyl (C=O) groups excluding carboxylic acids is 1. The van der Waals surface area contributed by atoms with E-state index in [1.54, 1.807) is 62.6 Å². The average Bonchev–Trinajstić information content (AvgIpc) is 3.05. The number of carbonyl (C=O) groups is 1. The van der Waals surface area contributed by atoms with E-state index >= 15 is 0 Å². The highest BCUT2D eigenvalue weighted by Crippen LogP contribution is 2.27. The lowest BCUT2D eigenvalue weighted by molar-refractivity contribution is 0.0704. The Kier molecular flexibility index (Phi) is 5.16. The number of hydrogen-bond acceptors (Lipinski definition) is 3. The Morgan fingerprint density at radius 3 is 2.54 bits per heavy atom. The zero-order valence-corrected chi connectivity index (χ0v) is 14.4. The van der Waals surface area contributed by atoms with Crippen molar-refractivity contribution in [3.63, 3.8) is 0 Å². The van der Waals surface area contributed by atoms with Crippen molar-refractivity contribution >= 4 is 16.9 Å². The second-order valence-electron chi connectivity index (χ2n) is 5.95. The molecule has 1 heterocycles. The first-order valence-electron chi connectivity index (χ1n) is 8.18. The Hall–Kier alpha value is -2.96. The second kappa shape index (κ2) is 7.51. The van der Waals surface area contributed by atoms with Crippen LogP contribution in [0.5, 0.6) is 5.75 Å². The van der Waals surface area contributed by atoms with Crippen LogP contribution in [0.4, 0.5) is 8.78 Å². The zero-order chi connectivity index (χ0) is 18.7. The number of amides is 1. The molecule has 0 radical (unpaired) electrons. The third-order valence-corrected chi connectivity index (χ3v) is 4.18. The number of alkyl halides is 2. The van der Waals surface area contributed by atoms with Crippen LogP contribution in [0.15, 0.2) is 48.5 Å². The first kappa shape index (κ1) is 17.8. The van der Waals surface area contributed by atoms with Gasteiger partial charge in [-0.05, 0) is 36.4 Å². The molecule has 0 spiro atoms. The van der Waals surface area contributed by atoms with Crippen LogP contribution in [-0.2, 0) is 0 Å². The quantitative estimate of drug-likeness (QED) is 0.724. The summed E-state index contributed by atoms with van der Waals surface area (Å²) in [4.78, 5) is 16.6. The topological polar surface area (TPSA) is 56.1 Å². The van der Waals surface area contributed by atoms with Gasteiger partial charge in [-0.3, -0.25) is 9.36 Å². The van der Waals surface area contributed by atoms with E-state index in [-0.39, 0.29) is 24.2 Å². The number of ether oxygens (including phenoxy) is 1. The first-order chi connectivity index (χ1) is 12.5. The number of aromatic nitrogens is 2. The standard InChI is InChI=1S/C19H19F2N3O2/c1-12(11-22-18(25)13-7-9-14(26-2)10-8-13)17-23-15-5-3-4-6-16(15)24(17)19(20)21/h3-10,12,19H,11H2,1-2H3,(H,22,25)/t12-/m0/s1. The normalized spacial score (nSPS) is 12.3. The van der Waals surface area contributed by atoms with Gasteiger partial charge in [0.2, 0.25) is 0 Å². The van der Waals surface area contributed by atoms with E-state index in [9.17, 15) is 13.6 Å². The van der Waals surface area contributed by atoms with E-state index in [0.29, 0.717) is 22.3 Å². The number of imidazole rings is 1. The summed E-state index contributed by atoms with van der Waals surface area (Å²) < 4.78 is 33.0. The number of nitrogens with one attached hydrogen (secondary N) is 1. The minimum Gasteiger partial charge on any atom is -0.497 e. The maximum Gasteiger partial charge on any atom is 0.320 e. The van der Waals surface area contributed by atoms with Gasteiger partial charge in [-0.2, -0.15) is 8.78 Å². The van der Waals surface area contributed by atoms with E-state index in [4.69, 9.17) is 4.74 Å². The third-order valence-electron chi connectivity index (χ3n) is 4.18. The van der Waals surface area contributed by atoms with Gasteiger partial charge in [-0.1, -0.05) is 19.1 Å². The summed E-state index contributed by atoms with van der Waals surface area (Å²) in [6, 6.07) is 13.4. The molecule has 3 rings (SSSR count). The molecule has 0 saturated carbocycles. The maximum atomic E-state index is 13.5. The summed E-state index contributed by atoms with van der Waals surface area (Å²) in [5, 5.41) is 2.77. The van der Waals surface area contributed by atoms with Gasteiger partial charge in [0.15, 0.2) is 0 Å². The molecule has 2 aromatic carbocycles. The molecule has 0 aliphatic rings. The molecule has 1 aromatic heterocycles. The van der Waals surface area contributed by atoms with Gasteiger partial charge in [0.1, 0.15) is 11.6 Å². The van der Waals surface area contributed by atoms with Gasteiger partial charge >= 0.3 is 6.55 Å². The Balaban J connectivity index is 1.75. The number of halogens is 2. The summed E-state index contributed by atoms with van der Waals surface area (Å²) in [5.41, 5.74) is 1.36. The van der Waals surface area contributed by atoms with E-state index in [1.807, 2.05) is 0 Å². The minimum absolute atomic E-state index is 0.195. The average molecular weight is 359 g/mol. The molecule has 1 amide bonds. The molecule has 0 aliphatic carbocycles. The zero-order valence-electron chi connectivity index (χ0n) is 14.4. The number of rotatable bonds is 6. The summed E-state index contributed by atoms with van der Waals surface area (Å²) in [7, 11) is 1.55. The van der Waals surface area contributed by atoms with Crippen LogP contribution in [0.3, 0.4) is 0 Å². The SMILES string of the molecule is COc1ccc(C(=O)NC[C@H](C)c2nc3ccccc3n2C(F)F)cc1. The molecular weight excluding hydrogens is 340 g/mol. The van der Waals surface area contributed by atoms with E-state index in [2.05, 4.69) is 10.3 Å². The van der Waals surface area contributed by atoms with Crippen molar-refractivity contribution < 1.29 is 18.3 Å².